The van der Waals surface area contributed by atoms with Crippen LogP contribution in [0.1, 0.15) is 23.7 Å². The van der Waals surface area contributed by atoms with Crippen molar-refractivity contribution in [1.82, 2.24) is 15.0 Å². The molecule has 13 nitrogen and oxygen atoms in total. The zero-order valence-electron chi connectivity index (χ0n) is 20.9. The number of morpholine rings is 1. The lowest BCUT2D eigenvalue weighted by atomic mass is 10.1. The quantitative estimate of drug-likeness (QED) is 0.423. The van der Waals surface area contributed by atoms with Gasteiger partial charge in [-0.25, -0.2) is 4.79 Å². The number of carbonyl (C=O) groups is 4. The molecule has 2 N–H and O–H groups in total. The van der Waals surface area contributed by atoms with Gasteiger partial charge in [0.05, 0.1) is 6.61 Å². The van der Waals surface area contributed by atoms with Crippen LogP contribution in [-0.2, 0) is 23.9 Å². The molecule has 2 aromatic carbocycles. The standard InChI is InChI=1S/C26H25N5O8/c1-15(32)38-20(23(33)27-18-8-6-16(7-9-18)22-28-26(36)39-29-22)21-25(35)31(12-13-37-21)19-5-2-4-17(14-19)24(34)30-10-3-11-30/h2,4-9,14,20-21H,3,10-13H2,1H3,(H,27,33)(H,28,29,36)/t20-,21-/m1/s1. The number of aromatic amines is 1. The fraction of sp³-hybridized carbons (Fsp3) is 0.308. The number of rotatable bonds is 7. The Labute approximate surface area is 221 Å². The first-order chi connectivity index (χ1) is 18.8. The predicted molar refractivity (Wildman–Crippen MR) is 136 cm³/mol. The number of amides is 3. The van der Waals surface area contributed by atoms with Crippen LogP contribution in [0.4, 0.5) is 11.4 Å². The lowest BCUT2D eigenvalue weighted by Crippen LogP contribution is -2.56. The minimum Gasteiger partial charge on any atom is -0.449 e. The summed E-state index contributed by atoms with van der Waals surface area (Å²) in [5.74, 6) is -2.72. The van der Waals surface area contributed by atoms with E-state index in [1.165, 1.54) is 4.90 Å². The van der Waals surface area contributed by atoms with Gasteiger partial charge in [-0.1, -0.05) is 11.2 Å². The molecule has 2 atom stereocenters. The summed E-state index contributed by atoms with van der Waals surface area (Å²) >= 11 is 0. The summed E-state index contributed by atoms with van der Waals surface area (Å²) in [4.78, 5) is 67.9. The third-order valence-corrected chi connectivity index (χ3v) is 6.36. The van der Waals surface area contributed by atoms with Crippen molar-refractivity contribution in [2.75, 3.05) is 36.5 Å². The molecule has 39 heavy (non-hydrogen) atoms. The first-order valence-electron chi connectivity index (χ1n) is 12.3. The van der Waals surface area contributed by atoms with E-state index in [1.807, 2.05) is 0 Å². The van der Waals surface area contributed by atoms with Crippen molar-refractivity contribution in [2.45, 2.75) is 25.6 Å². The van der Waals surface area contributed by atoms with Crippen LogP contribution in [0.2, 0.25) is 0 Å². The first-order valence-corrected chi connectivity index (χ1v) is 12.3. The predicted octanol–water partition coefficient (Wildman–Crippen LogP) is 1.18. The van der Waals surface area contributed by atoms with Gasteiger partial charge >= 0.3 is 11.7 Å². The zero-order chi connectivity index (χ0) is 27.5. The molecule has 0 aliphatic carbocycles. The van der Waals surface area contributed by atoms with Gasteiger partial charge in [-0.3, -0.25) is 28.7 Å². The van der Waals surface area contributed by atoms with Gasteiger partial charge in [-0.05, 0) is 48.9 Å². The van der Waals surface area contributed by atoms with Gasteiger partial charge in [0.2, 0.25) is 6.10 Å². The van der Waals surface area contributed by atoms with E-state index in [-0.39, 0.29) is 24.9 Å². The summed E-state index contributed by atoms with van der Waals surface area (Å²) in [6.45, 7) is 2.79. The molecule has 202 valence electrons. The van der Waals surface area contributed by atoms with Crippen molar-refractivity contribution in [2.24, 2.45) is 0 Å². The Morgan fingerprint density at radius 3 is 2.51 bits per heavy atom. The Morgan fingerprint density at radius 2 is 1.87 bits per heavy atom. The van der Waals surface area contributed by atoms with Crippen LogP contribution in [0, 0.1) is 0 Å². The number of nitrogens with one attached hydrogen (secondary N) is 2. The molecular weight excluding hydrogens is 510 g/mol. The Kier molecular flexibility index (Phi) is 7.23. The van der Waals surface area contributed by atoms with Crippen molar-refractivity contribution in [3.05, 3.63) is 64.6 Å². The summed E-state index contributed by atoms with van der Waals surface area (Å²) in [6.07, 6.45) is -2.02. The van der Waals surface area contributed by atoms with Crippen LogP contribution in [0.25, 0.3) is 11.4 Å². The van der Waals surface area contributed by atoms with E-state index in [2.05, 4.69) is 20.0 Å². The van der Waals surface area contributed by atoms with Crippen molar-refractivity contribution >= 4 is 35.1 Å². The molecule has 1 aromatic heterocycles. The van der Waals surface area contributed by atoms with E-state index >= 15 is 0 Å². The molecule has 2 fully saturated rings. The minimum atomic E-state index is -1.57. The third kappa shape index (κ3) is 5.57. The number of hydrogen-bond acceptors (Lipinski definition) is 9. The smallest absolute Gasteiger partial charge is 0.439 e. The van der Waals surface area contributed by atoms with Crippen LogP contribution < -0.4 is 16.0 Å². The molecule has 3 aromatic rings. The molecule has 0 bridgehead atoms. The molecule has 13 heteroatoms. The fourth-order valence-electron chi connectivity index (χ4n) is 4.30. The van der Waals surface area contributed by atoms with Gasteiger partial charge in [-0.15, -0.1) is 0 Å². The van der Waals surface area contributed by atoms with E-state index in [0.717, 1.165) is 13.3 Å². The number of esters is 1. The first kappa shape index (κ1) is 25.9. The number of likely N-dealkylation sites (tertiary alicyclic amines) is 1. The topological polar surface area (TPSA) is 164 Å². The summed E-state index contributed by atoms with van der Waals surface area (Å²) in [5, 5.41) is 6.22. The Morgan fingerprint density at radius 1 is 1.10 bits per heavy atom. The number of aromatic nitrogens is 2. The lowest BCUT2D eigenvalue weighted by Gasteiger charge is -2.35. The van der Waals surface area contributed by atoms with Gasteiger partial charge in [0.1, 0.15) is 0 Å². The molecule has 0 spiro atoms. The zero-order valence-corrected chi connectivity index (χ0v) is 20.9. The van der Waals surface area contributed by atoms with Gasteiger partial charge in [0, 0.05) is 49.1 Å². The monoisotopic (exact) mass is 535 g/mol. The fourth-order valence-corrected chi connectivity index (χ4v) is 4.30. The molecule has 0 radical (unpaired) electrons. The van der Waals surface area contributed by atoms with Crippen molar-refractivity contribution in [1.29, 1.82) is 0 Å². The second kappa shape index (κ2) is 10.9. The maximum atomic E-state index is 13.5. The average Bonchev–Trinajstić information content (AvgIpc) is 3.33. The summed E-state index contributed by atoms with van der Waals surface area (Å²) < 4.78 is 15.4. The second-order valence-corrected chi connectivity index (χ2v) is 9.02. The van der Waals surface area contributed by atoms with Crippen molar-refractivity contribution < 1.29 is 33.2 Å². The third-order valence-electron chi connectivity index (χ3n) is 6.36. The number of ether oxygens (including phenoxy) is 2. The summed E-state index contributed by atoms with van der Waals surface area (Å²) in [5.41, 5.74) is 1.80. The number of benzene rings is 2. The number of nitrogens with zero attached hydrogens (tertiary/aromatic N) is 3. The number of H-pyrrole nitrogens is 1. The lowest BCUT2D eigenvalue weighted by molar-refractivity contribution is -0.167. The van der Waals surface area contributed by atoms with E-state index in [9.17, 15) is 24.0 Å². The van der Waals surface area contributed by atoms with E-state index < -0.39 is 35.7 Å². The molecule has 0 unspecified atom stereocenters. The van der Waals surface area contributed by atoms with Crippen LogP contribution in [0.3, 0.4) is 0 Å². The average molecular weight is 536 g/mol. The van der Waals surface area contributed by atoms with Gasteiger partial charge in [0.25, 0.3) is 17.7 Å². The molecule has 0 saturated carbocycles. The minimum absolute atomic E-state index is 0.0797. The highest BCUT2D eigenvalue weighted by molar-refractivity contribution is 6.05. The normalized spacial score (nSPS) is 17.8. The van der Waals surface area contributed by atoms with E-state index in [0.29, 0.717) is 35.6 Å². The van der Waals surface area contributed by atoms with Crippen LogP contribution in [-0.4, -0.2) is 77.2 Å². The highest BCUT2D eigenvalue weighted by atomic mass is 16.6. The van der Waals surface area contributed by atoms with E-state index in [4.69, 9.17) is 9.47 Å². The second-order valence-electron chi connectivity index (χ2n) is 9.02. The van der Waals surface area contributed by atoms with E-state index in [1.54, 1.807) is 53.4 Å². The Hall–Kier alpha value is -4.78. The largest absolute Gasteiger partial charge is 0.449 e. The van der Waals surface area contributed by atoms with Gasteiger partial charge in [-0.2, -0.15) is 0 Å². The van der Waals surface area contributed by atoms with Crippen molar-refractivity contribution in [3.8, 4) is 11.4 Å². The Balaban J connectivity index is 1.32. The molecular formula is C26H25N5O8. The van der Waals surface area contributed by atoms with Gasteiger partial charge in [0.15, 0.2) is 11.9 Å². The summed E-state index contributed by atoms with van der Waals surface area (Å²) in [6, 6.07) is 13.0. The Bertz CT molecular complexity index is 1460. The molecule has 3 amide bonds. The summed E-state index contributed by atoms with van der Waals surface area (Å²) in [7, 11) is 0. The van der Waals surface area contributed by atoms with Gasteiger partial charge < -0.3 is 24.6 Å². The molecule has 2 aliphatic rings. The highest BCUT2D eigenvalue weighted by Gasteiger charge is 2.42. The molecule has 5 rings (SSSR count). The molecule has 3 heterocycles. The van der Waals surface area contributed by atoms with Crippen LogP contribution in [0.15, 0.2) is 57.8 Å². The van der Waals surface area contributed by atoms with Crippen LogP contribution in [0.5, 0.6) is 0 Å². The van der Waals surface area contributed by atoms with Crippen molar-refractivity contribution in [3.63, 3.8) is 0 Å². The molecule has 2 aliphatic heterocycles. The highest BCUT2D eigenvalue weighted by Crippen LogP contribution is 2.25. The number of anilines is 2. The van der Waals surface area contributed by atoms with Crippen LogP contribution >= 0.6 is 0 Å². The number of carbonyl (C=O) groups excluding carboxylic acids is 4. The SMILES string of the molecule is CC(=O)O[C@@H](C(=O)Nc1ccc(-c2noc(=O)[nH]2)cc1)[C@H]1OCCN(c2cccc(C(=O)N3CCC3)c2)C1=O. The molecule has 2 saturated heterocycles. The number of hydrogen-bond donors (Lipinski definition) is 2. The maximum absolute atomic E-state index is 13.5. The maximum Gasteiger partial charge on any atom is 0.439 e.